The van der Waals surface area contributed by atoms with Crippen LogP contribution < -0.4 is 0 Å². The van der Waals surface area contributed by atoms with Crippen molar-refractivity contribution in [3.63, 3.8) is 0 Å². The molecule has 0 bridgehead atoms. The Morgan fingerprint density at radius 1 is 1.13 bits per heavy atom. The van der Waals surface area contributed by atoms with E-state index in [1.54, 1.807) is 0 Å². The second kappa shape index (κ2) is 8.20. The molecule has 1 nitrogen and oxygen atoms in total. The molecule has 0 aromatic rings. The maximum atomic E-state index is 4.86. The van der Waals surface area contributed by atoms with Gasteiger partial charge in [0.1, 0.15) is 29.6 Å². The summed E-state index contributed by atoms with van der Waals surface area (Å²) in [5, 5.41) is 0. The molecule has 1 aliphatic rings. The first kappa shape index (κ1) is 13.1. The van der Waals surface area contributed by atoms with Gasteiger partial charge < -0.3 is 3.07 Å². The highest BCUT2D eigenvalue weighted by molar-refractivity contribution is 14.1. The molecule has 1 aliphatic carbocycles. The summed E-state index contributed by atoms with van der Waals surface area (Å²) in [5.74, 6) is 12.2. The standard InChI is InChI=1S/C12H10I2O/c13-9-3-7-11-5-1-2-6-12(11)8-4-10-15-14/h5-6H,1-2,9-10H2. The first-order chi connectivity index (χ1) is 7.38. The lowest BCUT2D eigenvalue weighted by atomic mass is 9.98. The number of allylic oxidation sites excluding steroid dienone is 4. The van der Waals surface area contributed by atoms with Gasteiger partial charge in [-0.3, -0.25) is 0 Å². The highest BCUT2D eigenvalue weighted by Gasteiger charge is 2.03. The molecule has 0 N–H and O–H groups in total. The van der Waals surface area contributed by atoms with E-state index < -0.39 is 0 Å². The fourth-order valence-electron chi connectivity index (χ4n) is 1.20. The fourth-order valence-corrected chi connectivity index (χ4v) is 1.55. The van der Waals surface area contributed by atoms with Crippen LogP contribution in [0.2, 0.25) is 0 Å². The molecule has 0 fully saturated rings. The summed E-state index contributed by atoms with van der Waals surface area (Å²) in [6, 6.07) is 0. The third-order valence-corrected chi connectivity index (χ3v) is 2.49. The lowest BCUT2D eigenvalue weighted by molar-refractivity contribution is 0.498. The Morgan fingerprint density at radius 3 is 2.27 bits per heavy atom. The number of hydrogen-bond acceptors (Lipinski definition) is 1. The van der Waals surface area contributed by atoms with Crippen LogP contribution in [0.25, 0.3) is 0 Å². The van der Waals surface area contributed by atoms with E-state index in [-0.39, 0.29) is 0 Å². The van der Waals surface area contributed by atoms with E-state index in [0.29, 0.717) is 6.61 Å². The van der Waals surface area contributed by atoms with Crippen LogP contribution in [-0.2, 0) is 3.07 Å². The molecule has 0 saturated heterocycles. The van der Waals surface area contributed by atoms with Gasteiger partial charge in [0.25, 0.3) is 0 Å². The third-order valence-electron chi connectivity index (χ3n) is 1.79. The van der Waals surface area contributed by atoms with Crippen molar-refractivity contribution in [2.24, 2.45) is 0 Å². The second-order valence-electron chi connectivity index (χ2n) is 2.80. The summed E-state index contributed by atoms with van der Waals surface area (Å²) in [5.41, 5.74) is 2.12. The molecule has 0 aromatic heterocycles. The molecule has 0 spiro atoms. The van der Waals surface area contributed by atoms with Crippen molar-refractivity contribution in [1.82, 2.24) is 0 Å². The summed E-state index contributed by atoms with van der Waals surface area (Å²) in [7, 11) is 0. The highest BCUT2D eigenvalue weighted by atomic mass is 127. The van der Waals surface area contributed by atoms with Gasteiger partial charge in [0.2, 0.25) is 0 Å². The van der Waals surface area contributed by atoms with Crippen LogP contribution in [0.3, 0.4) is 0 Å². The van der Waals surface area contributed by atoms with Crippen LogP contribution in [0.4, 0.5) is 0 Å². The molecule has 0 atom stereocenters. The summed E-state index contributed by atoms with van der Waals surface area (Å²) >= 11 is 4.09. The van der Waals surface area contributed by atoms with Crippen molar-refractivity contribution in [3.8, 4) is 23.7 Å². The molecular weight excluding hydrogens is 414 g/mol. The predicted octanol–water partition coefficient (Wildman–Crippen LogP) is 3.44. The molecule has 0 heterocycles. The molecule has 0 saturated carbocycles. The van der Waals surface area contributed by atoms with E-state index in [1.807, 2.05) is 23.0 Å². The van der Waals surface area contributed by atoms with Crippen LogP contribution in [0.15, 0.2) is 23.3 Å². The molecule has 3 heteroatoms. The van der Waals surface area contributed by atoms with Crippen molar-refractivity contribution >= 4 is 45.6 Å². The zero-order valence-corrected chi connectivity index (χ0v) is 12.5. The van der Waals surface area contributed by atoms with Crippen LogP contribution in [0.5, 0.6) is 0 Å². The molecular formula is C12H10I2O. The van der Waals surface area contributed by atoms with E-state index in [0.717, 1.165) is 28.4 Å². The second-order valence-corrected chi connectivity index (χ2v) is 4.19. The zero-order chi connectivity index (χ0) is 10.9. The van der Waals surface area contributed by atoms with Gasteiger partial charge in [0.05, 0.1) is 4.43 Å². The Balaban J connectivity index is 2.74. The minimum Gasteiger partial charge on any atom is -0.303 e. The fraction of sp³-hybridized carbons (Fsp3) is 0.333. The van der Waals surface area contributed by atoms with Crippen LogP contribution in [-0.4, -0.2) is 11.0 Å². The summed E-state index contributed by atoms with van der Waals surface area (Å²) in [6.07, 6.45) is 6.44. The maximum absolute atomic E-state index is 4.86. The van der Waals surface area contributed by atoms with Crippen molar-refractivity contribution < 1.29 is 3.07 Å². The van der Waals surface area contributed by atoms with E-state index >= 15 is 0 Å². The largest absolute Gasteiger partial charge is 0.303 e. The van der Waals surface area contributed by atoms with Crippen molar-refractivity contribution in [3.05, 3.63) is 23.3 Å². The Morgan fingerprint density at radius 2 is 1.73 bits per heavy atom. The van der Waals surface area contributed by atoms with Gasteiger partial charge in [-0.2, -0.15) is 0 Å². The molecule has 0 unspecified atom stereocenters. The normalized spacial score (nSPS) is 14.0. The monoisotopic (exact) mass is 424 g/mol. The molecule has 0 amide bonds. The Hall–Kier alpha value is 0.0200. The summed E-state index contributed by atoms with van der Waals surface area (Å²) in [4.78, 5) is 0. The first-order valence-corrected chi connectivity index (χ1v) is 6.97. The minimum atomic E-state index is 0.463. The molecule has 0 aliphatic heterocycles. The van der Waals surface area contributed by atoms with Crippen molar-refractivity contribution in [2.75, 3.05) is 11.0 Å². The average Bonchev–Trinajstić information content (AvgIpc) is 2.28. The van der Waals surface area contributed by atoms with Crippen LogP contribution in [0, 0.1) is 23.7 Å². The van der Waals surface area contributed by atoms with E-state index in [1.165, 1.54) is 0 Å². The third kappa shape index (κ3) is 5.05. The van der Waals surface area contributed by atoms with Crippen LogP contribution in [0.1, 0.15) is 12.8 Å². The average molecular weight is 424 g/mol. The molecule has 0 radical (unpaired) electrons. The van der Waals surface area contributed by atoms with E-state index in [4.69, 9.17) is 3.07 Å². The van der Waals surface area contributed by atoms with Gasteiger partial charge in [-0.05, 0) is 12.8 Å². The Bertz CT molecular complexity index is 385. The Labute approximate surface area is 119 Å². The van der Waals surface area contributed by atoms with E-state index in [2.05, 4.69) is 58.4 Å². The van der Waals surface area contributed by atoms with Gasteiger partial charge >= 0.3 is 0 Å². The van der Waals surface area contributed by atoms with Gasteiger partial charge in [-0.25, -0.2) is 0 Å². The minimum absolute atomic E-state index is 0.463. The quantitative estimate of drug-likeness (QED) is 0.356. The smallest absolute Gasteiger partial charge is 0.120 e. The molecule has 15 heavy (non-hydrogen) atoms. The lowest BCUT2D eigenvalue weighted by Gasteiger charge is -2.05. The summed E-state index contributed by atoms with van der Waals surface area (Å²) < 4.78 is 5.72. The van der Waals surface area contributed by atoms with Gasteiger partial charge in [-0.1, -0.05) is 58.4 Å². The molecule has 1 rings (SSSR count). The number of alkyl halides is 1. The number of hydrogen-bond donors (Lipinski definition) is 0. The molecule has 0 aromatic carbocycles. The van der Waals surface area contributed by atoms with Gasteiger partial charge in [0, 0.05) is 11.1 Å². The van der Waals surface area contributed by atoms with Crippen molar-refractivity contribution in [2.45, 2.75) is 12.8 Å². The SMILES string of the molecule is ICC#CC1=CCCC=C1C#CCOI. The maximum Gasteiger partial charge on any atom is 0.120 e. The van der Waals surface area contributed by atoms with Gasteiger partial charge in [0.15, 0.2) is 0 Å². The molecule has 78 valence electrons. The van der Waals surface area contributed by atoms with Crippen molar-refractivity contribution in [1.29, 1.82) is 0 Å². The number of halogens is 2. The zero-order valence-electron chi connectivity index (χ0n) is 8.15. The Kier molecular flexibility index (Phi) is 7.16. The number of rotatable bonds is 1. The highest BCUT2D eigenvalue weighted by Crippen LogP contribution is 2.17. The summed E-state index contributed by atoms with van der Waals surface area (Å²) in [6.45, 7) is 0.463. The first-order valence-electron chi connectivity index (χ1n) is 4.56. The van der Waals surface area contributed by atoms with Crippen LogP contribution >= 0.6 is 45.6 Å². The topological polar surface area (TPSA) is 9.23 Å². The predicted molar refractivity (Wildman–Crippen MR) is 79.8 cm³/mol. The lowest BCUT2D eigenvalue weighted by Crippen LogP contribution is -1.91. The van der Waals surface area contributed by atoms with E-state index in [9.17, 15) is 0 Å². The van der Waals surface area contributed by atoms with Gasteiger partial charge in [-0.15, -0.1) is 0 Å².